The minimum absolute atomic E-state index is 0.850. The van der Waals surface area contributed by atoms with Crippen LogP contribution in [0.3, 0.4) is 0 Å². The van der Waals surface area contributed by atoms with Gasteiger partial charge in [-0.2, -0.15) is 5.01 Å². The average Bonchev–Trinajstić information content (AvgIpc) is 1.85. The highest BCUT2D eigenvalue weighted by atomic mass is 13.7. The Morgan fingerprint density at radius 3 is 1.30 bits per heavy atom. The van der Waals surface area contributed by atoms with Crippen LogP contribution in [0.25, 0.3) is 0 Å². The highest BCUT2D eigenvalue weighted by Gasteiger charge is 2.29. The summed E-state index contributed by atoms with van der Waals surface area (Å²) in [4.78, 5) is 0. The van der Waals surface area contributed by atoms with E-state index >= 15 is 0 Å². The Labute approximate surface area is 72.2 Å². The lowest BCUT2D eigenvalue weighted by Gasteiger charge is -2.37. The molecule has 9 heteroatoms. The van der Waals surface area contributed by atoms with Gasteiger partial charge >= 0.3 is 0 Å². The van der Waals surface area contributed by atoms with Crippen molar-refractivity contribution in [3.05, 3.63) is 0 Å². The first-order valence-corrected chi connectivity index (χ1v) is 2.82. The van der Waals surface area contributed by atoms with Crippen molar-refractivity contribution < 1.29 is 0 Å². The molecular weight excluding hydrogens is 109 g/mol. The zero-order chi connectivity index (χ0) is 8.36. The largest absolute Gasteiger partial charge is 0.167 e. The molecule has 0 saturated heterocycles. The third-order valence-corrected chi connectivity index (χ3v) is 1.44. The molecule has 0 aromatic carbocycles. The molecule has 0 unspecified atom stereocenters. The fourth-order valence-electron chi connectivity index (χ4n) is 0.444. The van der Waals surface area contributed by atoms with E-state index < -0.39 is 18.0 Å². The van der Waals surface area contributed by atoms with E-state index in [4.69, 9.17) is 46.5 Å². The molecule has 0 aliphatic carbocycles. The van der Waals surface area contributed by atoms with Crippen LogP contribution in [0.4, 0.5) is 0 Å². The second kappa shape index (κ2) is 3.83. The zero-order valence-corrected chi connectivity index (χ0v) is 5.70. The molecule has 10 heavy (non-hydrogen) atoms. The van der Waals surface area contributed by atoms with Crippen LogP contribution in [0.1, 0.15) is 0 Å². The molecule has 0 aromatic rings. The summed E-state index contributed by atoms with van der Waals surface area (Å²) >= 11 is 0. The summed E-state index contributed by atoms with van der Waals surface area (Å²) in [5, 5.41) is -1.19. The molecule has 0 bridgehead atoms. The molecule has 13 radical (unpaired) electrons. The van der Waals surface area contributed by atoms with Crippen molar-refractivity contribution >= 4 is 66.7 Å². The van der Waals surface area contributed by atoms with Crippen molar-refractivity contribution in [3.8, 4) is 0 Å². The van der Waals surface area contributed by atoms with Crippen LogP contribution < -0.4 is 0 Å². The lowest BCUT2D eigenvalue weighted by molar-refractivity contribution is 1.64. The van der Waals surface area contributed by atoms with Crippen LogP contribution in [-0.2, 0) is 0 Å². The van der Waals surface area contributed by atoms with Gasteiger partial charge in [0.15, 0.2) is 0 Å². The first kappa shape index (κ1) is 10.6. The van der Waals surface area contributed by atoms with Gasteiger partial charge in [0.1, 0.15) is 0 Å². The number of rotatable bonds is 3. The maximum Gasteiger partial charge on any atom is 0.0409 e. The van der Waals surface area contributed by atoms with Crippen molar-refractivity contribution in [1.82, 2.24) is 0 Å². The van der Waals surface area contributed by atoms with Gasteiger partial charge in [0.05, 0.1) is 0 Å². The average molecular weight is 109 g/mol. The Balaban J connectivity index is 4.23. The van der Waals surface area contributed by atoms with Gasteiger partial charge in [0.2, 0.25) is 0 Å². The molecule has 0 nitrogen and oxygen atoms in total. The van der Waals surface area contributed by atoms with Crippen molar-refractivity contribution in [2.75, 3.05) is 0 Å². The van der Waals surface area contributed by atoms with Gasteiger partial charge in [-0.25, -0.2) is 0 Å². The minimum Gasteiger partial charge on any atom is -0.167 e. The van der Waals surface area contributed by atoms with Gasteiger partial charge in [-0.15, -0.1) is 0 Å². The summed E-state index contributed by atoms with van der Waals surface area (Å²) in [6, 6.07) is 0. The van der Waals surface area contributed by atoms with Gasteiger partial charge < -0.3 is 0 Å². The van der Waals surface area contributed by atoms with Crippen LogP contribution in [0.5, 0.6) is 0 Å². The van der Waals surface area contributed by atoms with Crippen LogP contribution in [0.15, 0.2) is 0 Å². The molecule has 0 aliphatic heterocycles. The van der Waals surface area contributed by atoms with Gasteiger partial charge in [0, 0.05) is 66.7 Å². The summed E-state index contributed by atoms with van der Waals surface area (Å²) in [5.74, 6) is 0. The van der Waals surface area contributed by atoms with E-state index in [0.29, 0.717) is 0 Å². The smallest absolute Gasteiger partial charge is 0.0409 e. The Kier molecular flexibility index (Phi) is 4.05. The van der Waals surface area contributed by atoms with Gasteiger partial charge in [-0.05, 0) is 0 Å². The van der Waals surface area contributed by atoms with E-state index in [0.717, 1.165) is 7.17 Å². The summed E-state index contributed by atoms with van der Waals surface area (Å²) in [6.07, 6.45) is 0. The van der Waals surface area contributed by atoms with Crippen LogP contribution in [0.2, 0.25) is 5.01 Å². The molecular formula is CB9. The van der Waals surface area contributed by atoms with E-state index in [1.165, 1.54) is 0 Å². The van der Waals surface area contributed by atoms with E-state index in [1.54, 1.807) is 0 Å². The maximum atomic E-state index is 5.50. The highest BCUT2D eigenvalue weighted by molar-refractivity contribution is 7.50. The van der Waals surface area contributed by atoms with Crippen molar-refractivity contribution in [1.29, 1.82) is 0 Å². The second-order valence-corrected chi connectivity index (χ2v) is 2.22. The van der Waals surface area contributed by atoms with E-state index in [-0.39, 0.29) is 0 Å². The number of hydrogen-bond donors (Lipinski definition) is 0. The maximum absolute atomic E-state index is 5.50. The van der Waals surface area contributed by atoms with Crippen molar-refractivity contribution in [3.63, 3.8) is 0 Å². The van der Waals surface area contributed by atoms with Crippen molar-refractivity contribution in [2.45, 2.75) is 5.01 Å². The quantitative estimate of drug-likeness (QED) is 0.335. The molecule has 0 rings (SSSR count). The molecule has 0 fully saturated rings. The molecule has 0 atom stereocenters. The van der Waals surface area contributed by atoms with Crippen molar-refractivity contribution in [2.24, 2.45) is 0 Å². The molecule has 0 saturated carbocycles. The Hall–Kier alpha value is 0.584. The molecule has 0 aliphatic rings. The standard InChI is InChI=1S/CB9/c2-1(8-3,9(4)5)10(6)7. The SMILES string of the molecule is [B][B]C([B])(B([B])[B])B([B])[B]. The predicted octanol–water partition coefficient (Wildman–Crippen LogP) is -3.21. The fourth-order valence-corrected chi connectivity index (χ4v) is 0.444. The first-order valence-electron chi connectivity index (χ1n) is 2.82. The van der Waals surface area contributed by atoms with Gasteiger partial charge in [-0.1, -0.05) is 0 Å². The lowest BCUT2D eigenvalue weighted by atomic mass is 8.82. The third-order valence-electron chi connectivity index (χ3n) is 1.44. The lowest BCUT2D eigenvalue weighted by Crippen LogP contribution is -2.52. The zero-order valence-electron chi connectivity index (χ0n) is 5.70. The normalized spacial score (nSPS) is 10.4. The van der Waals surface area contributed by atoms with Gasteiger partial charge in [-0.3, -0.25) is 0 Å². The van der Waals surface area contributed by atoms with Crippen LogP contribution in [0, 0.1) is 0 Å². The molecule has 0 amide bonds. The molecule has 0 N–H and O–H groups in total. The molecule has 0 heterocycles. The highest BCUT2D eigenvalue weighted by Crippen LogP contribution is 2.19. The fraction of sp³-hybridized carbons (Fsp3) is 1.00. The topological polar surface area (TPSA) is 0 Å². The summed E-state index contributed by atoms with van der Waals surface area (Å²) < 4.78 is 0. The molecule has 0 spiro atoms. The van der Waals surface area contributed by atoms with Crippen LogP contribution >= 0.6 is 0 Å². The Morgan fingerprint density at radius 1 is 1.00 bits per heavy atom. The summed E-state index contributed by atoms with van der Waals surface area (Å²) in [7, 11) is 32.8. The van der Waals surface area contributed by atoms with Gasteiger partial charge in [0.25, 0.3) is 0 Å². The van der Waals surface area contributed by atoms with E-state index in [1.807, 2.05) is 0 Å². The second-order valence-electron chi connectivity index (χ2n) is 2.22. The Morgan fingerprint density at radius 2 is 1.30 bits per heavy atom. The third kappa shape index (κ3) is 2.03. The van der Waals surface area contributed by atoms with E-state index in [9.17, 15) is 0 Å². The van der Waals surface area contributed by atoms with Crippen LogP contribution in [-0.4, -0.2) is 66.7 Å². The molecule has 31 valence electrons. The summed E-state index contributed by atoms with van der Waals surface area (Å²) in [5.41, 5.74) is 0. The number of hydrogen-bond acceptors (Lipinski definition) is 0. The van der Waals surface area contributed by atoms with E-state index in [2.05, 4.69) is 0 Å². The first-order chi connectivity index (χ1) is 4.45. The minimum atomic E-state index is -1.19. The molecule has 0 aromatic heterocycles. The summed E-state index contributed by atoms with van der Waals surface area (Å²) in [6.45, 7) is -1.70. The predicted molar refractivity (Wildman–Crippen MR) is 54.5 cm³/mol. The Bertz CT molecular complexity index is 86.9. The monoisotopic (exact) mass is 111 g/mol.